The third kappa shape index (κ3) is 3.46. The van der Waals surface area contributed by atoms with E-state index < -0.39 is 0 Å². The maximum absolute atomic E-state index is 12.4. The summed E-state index contributed by atoms with van der Waals surface area (Å²) in [6.45, 7) is 0.805. The zero-order chi connectivity index (χ0) is 16.2. The number of carbonyl (C=O) groups is 1. The van der Waals surface area contributed by atoms with Crippen LogP contribution in [0.5, 0.6) is 5.75 Å². The van der Waals surface area contributed by atoms with Crippen molar-refractivity contribution in [1.82, 2.24) is 4.90 Å². The number of methoxy groups -OCH3 is 1. The van der Waals surface area contributed by atoms with E-state index in [2.05, 4.69) is 0 Å². The lowest BCUT2D eigenvalue weighted by molar-refractivity contribution is -0.133. The van der Waals surface area contributed by atoms with Crippen LogP contribution in [0.15, 0.2) is 41.8 Å². The molecule has 1 aromatic heterocycles. The second kappa shape index (κ2) is 6.98. The molecule has 2 heterocycles. The Morgan fingerprint density at radius 3 is 3.00 bits per heavy atom. The number of benzene rings is 1. The van der Waals surface area contributed by atoms with Gasteiger partial charge in [-0.2, -0.15) is 0 Å². The van der Waals surface area contributed by atoms with Crippen molar-refractivity contribution in [1.29, 1.82) is 0 Å². The number of carbonyl (C=O) groups excluding carboxylic acids is 1. The van der Waals surface area contributed by atoms with E-state index in [1.807, 2.05) is 46.7 Å². The van der Waals surface area contributed by atoms with E-state index >= 15 is 0 Å². The lowest BCUT2D eigenvalue weighted by atomic mass is 9.94. The summed E-state index contributed by atoms with van der Waals surface area (Å²) in [7, 11) is 1.65. The van der Waals surface area contributed by atoms with Gasteiger partial charge >= 0.3 is 0 Å². The second-order valence-corrected chi connectivity index (χ2v) is 6.40. The molecule has 5 heteroatoms. The normalized spacial score (nSPS) is 17.3. The van der Waals surface area contributed by atoms with Gasteiger partial charge in [-0.3, -0.25) is 4.79 Å². The molecular weight excluding hydrogens is 310 g/mol. The summed E-state index contributed by atoms with van der Waals surface area (Å²) >= 11 is 1.52. The topological polar surface area (TPSA) is 49.8 Å². The SMILES string of the molecule is COc1cccc(C2CCN2C(=O)C=Cc2cc(CO)cs2)c1. The zero-order valence-corrected chi connectivity index (χ0v) is 13.8. The Balaban J connectivity index is 1.67. The lowest BCUT2D eigenvalue weighted by Crippen LogP contribution is -2.44. The highest BCUT2D eigenvalue weighted by Crippen LogP contribution is 2.34. The summed E-state index contributed by atoms with van der Waals surface area (Å²) in [5.74, 6) is 0.829. The number of aliphatic hydroxyl groups excluding tert-OH is 1. The first-order valence-corrected chi connectivity index (χ1v) is 8.40. The Morgan fingerprint density at radius 2 is 2.35 bits per heavy atom. The Hall–Kier alpha value is -2.11. The molecule has 1 saturated heterocycles. The minimum absolute atomic E-state index is 0.0167. The summed E-state index contributed by atoms with van der Waals surface area (Å²) in [4.78, 5) is 15.2. The number of nitrogens with zero attached hydrogens (tertiary/aromatic N) is 1. The summed E-state index contributed by atoms with van der Waals surface area (Å²) < 4.78 is 5.25. The Kier molecular flexibility index (Phi) is 4.79. The largest absolute Gasteiger partial charge is 0.497 e. The highest BCUT2D eigenvalue weighted by atomic mass is 32.1. The van der Waals surface area contributed by atoms with E-state index in [-0.39, 0.29) is 18.6 Å². The van der Waals surface area contributed by atoms with Gasteiger partial charge in [0.2, 0.25) is 5.91 Å². The van der Waals surface area contributed by atoms with Crippen molar-refractivity contribution in [3.8, 4) is 5.75 Å². The van der Waals surface area contributed by atoms with Gasteiger partial charge in [0.15, 0.2) is 0 Å². The van der Waals surface area contributed by atoms with E-state index in [9.17, 15) is 4.79 Å². The third-order valence-electron chi connectivity index (χ3n) is 4.03. The monoisotopic (exact) mass is 329 g/mol. The van der Waals surface area contributed by atoms with Crippen molar-refractivity contribution in [2.75, 3.05) is 13.7 Å². The Bertz CT molecular complexity index is 723. The van der Waals surface area contributed by atoms with Gasteiger partial charge in [-0.25, -0.2) is 0 Å². The van der Waals surface area contributed by atoms with Crippen LogP contribution in [-0.4, -0.2) is 29.6 Å². The fourth-order valence-corrected chi connectivity index (χ4v) is 3.46. The molecule has 1 fully saturated rings. The molecule has 0 saturated carbocycles. The molecule has 1 N–H and O–H groups in total. The van der Waals surface area contributed by atoms with Crippen LogP contribution in [0.3, 0.4) is 0 Å². The quantitative estimate of drug-likeness (QED) is 0.857. The average Bonchev–Trinajstić information content (AvgIpc) is 3.00. The first kappa shape index (κ1) is 15.8. The smallest absolute Gasteiger partial charge is 0.247 e. The molecule has 23 heavy (non-hydrogen) atoms. The van der Waals surface area contributed by atoms with Crippen LogP contribution >= 0.6 is 11.3 Å². The van der Waals surface area contributed by atoms with E-state index in [1.165, 1.54) is 11.3 Å². The molecule has 1 aliphatic heterocycles. The average molecular weight is 329 g/mol. The molecule has 1 aromatic carbocycles. The summed E-state index contributed by atoms with van der Waals surface area (Å²) in [5, 5.41) is 11.0. The van der Waals surface area contributed by atoms with Crippen LogP contribution in [0.4, 0.5) is 0 Å². The van der Waals surface area contributed by atoms with Gasteiger partial charge in [-0.1, -0.05) is 12.1 Å². The molecule has 0 radical (unpaired) electrons. The molecule has 120 valence electrons. The molecule has 3 rings (SSSR count). The number of hydrogen-bond donors (Lipinski definition) is 1. The molecule has 2 aromatic rings. The summed E-state index contributed by atoms with van der Waals surface area (Å²) in [6, 6.07) is 9.89. The number of likely N-dealkylation sites (tertiary alicyclic amines) is 1. The van der Waals surface area contributed by atoms with Gasteiger partial charge in [0, 0.05) is 17.5 Å². The van der Waals surface area contributed by atoms with Gasteiger partial charge < -0.3 is 14.7 Å². The fraction of sp³-hybridized carbons (Fsp3) is 0.278. The predicted molar refractivity (Wildman–Crippen MR) is 91.3 cm³/mol. The van der Waals surface area contributed by atoms with Crippen molar-refractivity contribution in [2.24, 2.45) is 0 Å². The Labute approximate surface area is 139 Å². The van der Waals surface area contributed by atoms with E-state index in [0.717, 1.165) is 34.7 Å². The highest BCUT2D eigenvalue weighted by Gasteiger charge is 2.32. The van der Waals surface area contributed by atoms with Gasteiger partial charge in [-0.15, -0.1) is 11.3 Å². The molecule has 4 nitrogen and oxygen atoms in total. The second-order valence-electron chi connectivity index (χ2n) is 5.46. The number of rotatable bonds is 5. The highest BCUT2D eigenvalue weighted by molar-refractivity contribution is 7.11. The maximum Gasteiger partial charge on any atom is 0.247 e. The van der Waals surface area contributed by atoms with Gasteiger partial charge in [0.1, 0.15) is 5.75 Å². The molecule has 0 spiro atoms. The van der Waals surface area contributed by atoms with Crippen LogP contribution < -0.4 is 4.74 Å². The van der Waals surface area contributed by atoms with Crippen LogP contribution in [0.2, 0.25) is 0 Å². The van der Waals surface area contributed by atoms with Crippen LogP contribution in [0.1, 0.15) is 28.5 Å². The molecule has 0 aliphatic carbocycles. The van der Waals surface area contributed by atoms with Crippen LogP contribution in [0.25, 0.3) is 6.08 Å². The molecule has 1 unspecified atom stereocenters. The molecule has 1 atom stereocenters. The van der Waals surface area contributed by atoms with E-state index in [0.29, 0.717) is 0 Å². The number of thiophene rings is 1. The van der Waals surface area contributed by atoms with Crippen molar-refractivity contribution >= 4 is 23.3 Å². The number of ether oxygens (including phenoxy) is 1. The Morgan fingerprint density at radius 1 is 1.48 bits per heavy atom. The van der Waals surface area contributed by atoms with Crippen molar-refractivity contribution in [3.05, 3.63) is 57.8 Å². The van der Waals surface area contributed by atoms with Gasteiger partial charge in [0.05, 0.1) is 19.8 Å². The van der Waals surface area contributed by atoms with Crippen molar-refractivity contribution in [3.63, 3.8) is 0 Å². The first-order valence-electron chi connectivity index (χ1n) is 7.52. The minimum atomic E-state index is 0.0167. The molecular formula is C18H19NO3S. The van der Waals surface area contributed by atoms with Crippen LogP contribution in [-0.2, 0) is 11.4 Å². The number of aliphatic hydroxyl groups is 1. The molecule has 1 amide bonds. The number of amides is 1. The van der Waals surface area contributed by atoms with Crippen molar-refractivity contribution in [2.45, 2.75) is 19.1 Å². The van der Waals surface area contributed by atoms with Gasteiger partial charge in [0.25, 0.3) is 0 Å². The van der Waals surface area contributed by atoms with Crippen molar-refractivity contribution < 1.29 is 14.6 Å². The standard InChI is InChI=1S/C18H19NO3S/c1-22-15-4-2-3-14(10-15)17-7-8-19(17)18(21)6-5-16-9-13(11-20)12-23-16/h2-6,9-10,12,17,20H,7-8,11H2,1H3. The summed E-state index contributed by atoms with van der Waals surface area (Å²) in [6.07, 6.45) is 4.40. The van der Waals surface area contributed by atoms with E-state index in [4.69, 9.17) is 9.84 Å². The minimum Gasteiger partial charge on any atom is -0.497 e. The molecule has 1 aliphatic rings. The number of hydrogen-bond acceptors (Lipinski definition) is 4. The fourth-order valence-electron chi connectivity index (χ4n) is 2.66. The van der Waals surface area contributed by atoms with Gasteiger partial charge in [-0.05, 0) is 47.2 Å². The third-order valence-corrected chi connectivity index (χ3v) is 4.97. The maximum atomic E-state index is 12.4. The summed E-state index contributed by atoms with van der Waals surface area (Å²) in [5.41, 5.74) is 1.98. The zero-order valence-electron chi connectivity index (χ0n) is 12.9. The predicted octanol–water partition coefficient (Wildman–Crippen LogP) is 3.24. The van der Waals surface area contributed by atoms with E-state index in [1.54, 1.807) is 13.2 Å². The lowest BCUT2D eigenvalue weighted by Gasteiger charge is -2.40. The van der Waals surface area contributed by atoms with Crippen LogP contribution in [0, 0.1) is 0 Å². The first-order chi connectivity index (χ1) is 11.2. The molecule has 0 bridgehead atoms.